The summed E-state index contributed by atoms with van der Waals surface area (Å²) in [5.41, 5.74) is 0. The number of amides is 2. The second-order valence-corrected chi connectivity index (χ2v) is 10.2. The van der Waals surface area contributed by atoms with Crippen LogP contribution in [0.1, 0.15) is 73.6 Å². The van der Waals surface area contributed by atoms with Crippen molar-refractivity contribution >= 4 is 11.8 Å². The minimum absolute atomic E-state index is 0.119. The van der Waals surface area contributed by atoms with E-state index in [0.717, 1.165) is 57.2 Å². The lowest BCUT2D eigenvalue weighted by molar-refractivity contribution is -0.150. The van der Waals surface area contributed by atoms with Gasteiger partial charge in [0.1, 0.15) is 6.04 Å². The summed E-state index contributed by atoms with van der Waals surface area (Å²) in [6.07, 6.45) is 5.04. The van der Waals surface area contributed by atoms with Gasteiger partial charge < -0.3 is 15.1 Å². The molecule has 0 aromatic heterocycles. The molecule has 2 saturated heterocycles. The van der Waals surface area contributed by atoms with Gasteiger partial charge in [-0.1, -0.05) is 41.5 Å². The van der Waals surface area contributed by atoms with Crippen LogP contribution in [-0.2, 0) is 9.59 Å². The van der Waals surface area contributed by atoms with Crippen LogP contribution in [0.25, 0.3) is 0 Å². The van der Waals surface area contributed by atoms with Gasteiger partial charge in [-0.2, -0.15) is 0 Å². The molecule has 0 aromatic carbocycles. The Morgan fingerprint density at radius 2 is 1.57 bits per heavy atom. The number of rotatable bonds is 8. The van der Waals surface area contributed by atoms with Gasteiger partial charge in [0.2, 0.25) is 11.8 Å². The Kier molecular flexibility index (Phi) is 8.79. The molecule has 2 rings (SSSR count). The molecule has 5 nitrogen and oxygen atoms in total. The molecule has 0 radical (unpaired) electrons. The minimum Gasteiger partial charge on any atom is -0.341 e. The molecule has 0 saturated carbocycles. The molecule has 1 N–H and O–H groups in total. The topological polar surface area (TPSA) is 52.7 Å². The molecule has 2 amide bonds. The molecule has 1 unspecified atom stereocenters. The number of likely N-dealkylation sites (tertiary alicyclic amines) is 1. The zero-order chi connectivity index (χ0) is 20.8. The highest BCUT2D eigenvalue weighted by Crippen LogP contribution is 2.26. The third kappa shape index (κ3) is 6.47. The molecule has 0 aromatic rings. The lowest BCUT2D eigenvalue weighted by Crippen LogP contribution is -2.62. The molecule has 0 spiro atoms. The van der Waals surface area contributed by atoms with E-state index in [1.54, 1.807) is 0 Å². The van der Waals surface area contributed by atoms with Crippen LogP contribution in [0.2, 0.25) is 0 Å². The van der Waals surface area contributed by atoms with E-state index in [2.05, 4.69) is 46.9 Å². The van der Waals surface area contributed by atoms with Crippen LogP contribution in [0, 0.1) is 23.7 Å². The summed E-state index contributed by atoms with van der Waals surface area (Å²) in [5, 5.41) is 3.36. The second-order valence-electron chi connectivity index (χ2n) is 10.2. The number of nitrogens with one attached hydrogen (secondary N) is 1. The molecule has 28 heavy (non-hydrogen) atoms. The molecule has 2 atom stereocenters. The molecule has 2 heterocycles. The van der Waals surface area contributed by atoms with Crippen LogP contribution in [-0.4, -0.2) is 59.9 Å². The van der Waals surface area contributed by atoms with E-state index in [1.165, 1.54) is 6.42 Å². The number of hydrogen-bond acceptors (Lipinski definition) is 3. The molecule has 0 aliphatic carbocycles. The number of piperidine rings is 1. The van der Waals surface area contributed by atoms with Crippen LogP contribution < -0.4 is 5.32 Å². The summed E-state index contributed by atoms with van der Waals surface area (Å²) in [7, 11) is 0. The van der Waals surface area contributed by atoms with Gasteiger partial charge in [0, 0.05) is 26.2 Å². The van der Waals surface area contributed by atoms with Crippen molar-refractivity contribution in [2.75, 3.05) is 26.2 Å². The van der Waals surface area contributed by atoms with Gasteiger partial charge >= 0.3 is 0 Å². The summed E-state index contributed by atoms with van der Waals surface area (Å²) in [6.45, 7) is 16.3. The molecule has 2 aliphatic rings. The van der Waals surface area contributed by atoms with Gasteiger partial charge in [-0.3, -0.25) is 9.59 Å². The first kappa shape index (κ1) is 23.2. The first-order chi connectivity index (χ1) is 13.2. The van der Waals surface area contributed by atoms with Gasteiger partial charge in [-0.15, -0.1) is 0 Å². The summed E-state index contributed by atoms with van der Waals surface area (Å²) in [6, 6.07) is -0.445. The highest BCUT2D eigenvalue weighted by Gasteiger charge is 2.39. The third-order valence-corrected chi connectivity index (χ3v) is 6.12. The smallest absolute Gasteiger partial charge is 0.245 e. The Morgan fingerprint density at radius 1 is 0.964 bits per heavy atom. The summed E-state index contributed by atoms with van der Waals surface area (Å²) >= 11 is 0. The van der Waals surface area contributed by atoms with Crippen molar-refractivity contribution in [3.05, 3.63) is 0 Å². The largest absolute Gasteiger partial charge is 0.341 e. The molecular weight excluding hydrogens is 350 g/mol. The Bertz CT molecular complexity index is 510. The Labute approximate surface area is 172 Å². The van der Waals surface area contributed by atoms with Gasteiger partial charge in [-0.05, 0) is 55.8 Å². The highest BCUT2D eigenvalue weighted by atomic mass is 16.2. The summed E-state index contributed by atoms with van der Waals surface area (Å²) in [4.78, 5) is 30.5. The maximum Gasteiger partial charge on any atom is 0.245 e. The van der Waals surface area contributed by atoms with E-state index in [4.69, 9.17) is 0 Å². The van der Waals surface area contributed by atoms with E-state index in [1.807, 2.05) is 9.80 Å². The van der Waals surface area contributed by atoms with E-state index in [9.17, 15) is 9.59 Å². The Hall–Kier alpha value is -1.10. The molecule has 5 heteroatoms. The van der Waals surface area contributed by atoms with Crippen molar-refractivity contribution in [2.24, 2.45) is 23.7 Å². The van der Waals surface area contributed by atoms with Crippen LogP contribution in [0.3, 0.4) is 0 Å². The maximum atomic E-state index is 13.4. The van der Waals surface area contributed by atoms with Crippen molar-refractivity contribution in [3.63, 3.8) is 0 Å². The first-order valence-corrected chi connectivity index (χ1v) is 11.5. The maximum absolute atomic E-state index is 13.4. The van der Waals surface area contributed by atoms with E-state index in [0.29, 0.717) is 18.4 Å². The fourth-order valence-electron chi connectivity index (χ4n) is 4.80. The second kappa shape index (κ2) is 10.6. The van der Waals surface area contributed by atoms with Crippen molar-refractivity contribution in [3.8, 4) is 0 Å². The predicted molar refractivity (Wildman–Crippen MR) is 115 cm³/mol. The normalized spacial score (nSPS) is 23.2. The number of hydrogen-bond donors (Lipinski definition) is 1. The van der Waals surface area contributed by atoms with Crippen molar-refractivity contribution in [1.29, 1.82) is 0 Å². The number of nitrogens with zero attached hydrogens (tertiary/aromatic N) is 2. The number of piperazine rings is 1. The molecular formula is C23H43N3O2. The minimum atomic E-state index is -0.300. The van der Waals surface area contributed by atoms with Crippen LogP contribution in [0.4, 0.5) is 0 Å². The molecule has 2 aliphatic heterocycles. The highest BCUT2D eigenvalue weighted by molar-refractivity contribution is 5.90. The van der Waals surface area contributed by atoms with Gasteiger partial charge in [-0.25, -0.2) is 0 Å². The molecule has 2 fully saturated rings. The van der Waals surface area contributed by atoms with Crippen molar-refractivity contribution in [1.82, 2.24) is 15.1 Å². The van der Waals surface area contributed by atoms with Crippen molar-refractivity contribution < 1.29 is 9.59 Å². The first-order valence-electron chi connectivity index (χ1n) is 11.5. The lowest BCUT2D eigenvalue weighted by atomic mass is 9.88. The lowest BCUT2D eigenvalue weighted by Gasteiger charge is -2.42. The van der Waals surface area contributed by atoms with Crippen LogP contribution in [0.15, 0.2) is 0 Å². The summed E-state index contributed by atoms with van der Waals surface area (Å²) in [5.74, 6) is 2.60. The average molecular weight is 394 g/mol. The Morgan fingerprint density at radius 3 is 2.11 bits per heavy atom. The fraction of sp³-hybridized carbons (Fsp3) is 0.913. The van der Waals surface area contributed by atoms with Crippen molar-refractivity contribution in [2.45, 2.75) is 85.7 Å². The van der Waals surface area contributed by atoms with Gasteiger partial charge in [0.15, 0.2) is 0 Å². The van der Waals surface area contributed by atoms with E-state index >= 15 is 0 Å². The zero-order valence-electron chi connectivity index (χ0n) is 19.0. The Balaban J connectivity index is 2.06. The zero-order valence-corrected chi connectivity index (χ0v) is 19.0. The standard InChI is InChI=1S/C23H43N3O2/c1-16(2)13-19-7-10-25(11-8-19)23(28)21(15-18(5)6)26-12-9-24-20(22(26)27)14-17(3)4/h16-21,24H,7-15H2,1-6H3/t20-,21?/m0/s1. The molecule has 162 valence electrons. The van der Waals surface area contributed by atoms with Gasteiger partial charge in [0.25, 0.3) is 0 Å². The van der Waals surface area contributed by atoms with E-state index in [-0.39, 0.29) is 23.9 Å². The summed E-state index contributed by atoms with van der Waals surface area (Å²) < 4.78 is 0. The van der Waals surface area contributed by atoms with Crippen LogP contribution in [0.5, 0.6) is 0 Å². The predicted octanol–water partition coefficient (Wildman–Crippen LogP) is 3.53. The third-order valence-electron chi connectivity index (χ3n) is 6.12. The quantitative estimate of drug-likeness (QED) is 0.686. The molecule has 0 bridgehead atoms. The number of carbonyl (C=O) groups excluding carboxylic acids is 2. The SMILES string of the molecule is CC(C)CC1CCN(C(=O)C(CC(C)C)N2CCN[C@@H](CC(C)C)C2=O)CC1. The fourth-order valence-corrected chi connectivity index (χ4v) is 4.80. The van der Waals surface area contributed by atoms with E-state index < -0.39 is 0 Å². The average Bonchev–Trinajstić information content (AvgIpc) is 2.61. The number of carbonyl (C=O) groups is 2. The monoisotopic (exact) mass is 393 g/mol. The van der Waals surface area contributed by atoms with Crippen LogP contribution >= 0.6 is 0 Å². The van der Waals surface area contributed by atoms with Gasteiger partial charge in [0.05, 0.1) is 6.04 Å².